The van der Waals surface area contributed by atoms with Crippen LogP contribution in [0.15, 0.2) is 16.2 Å². The average Bonchev–Trinajstić information content (AvgIpc) is 2.83. The number of aromatic nitrogens is 2. The van der Waals surface area contributed by atoms with Gasteiger partial charge in [-0.2, -0.15) is 0 Å². The van der Waals surface area contributed by atoms with Crippen molar-refractivity contribution in [2.45, 2.75) is 18.9 Å². The maximum absolute atomic E-state index is 12.2. The summed E-state index contributed by atoms with van der Waals surface area (Å²) >= 11 is 1.43. The fourth-order valence-corrected chi connectivity index (χ4v) is 3.13. The molecule has 1 aliphatic rings. The van der Waals surface area contributed by atoms with Crippen molar-refractivity contribution in [2.24, 2.45) is 7.05 Å². The van der Waals surface area contributed by atoms with E-state index in [1.54, 1.807) is 11.6 Å². The van der Waals surface area contributed by atoms with E-state index in [0.29, 0.717) is 10.6 Å². The van der Waals surface area contributed by atoms with Gasteiger partial charge >= 0.3 is 0 Å². The van der Waals surface area contributed by atoms with E-state index in [1.165, 1.54) is 11.3 Å². The van der Waals surface area contributed by atoms with Gasteiger partial charge in [-0.05, 0) is 24.3 Å². The lowest BCUT2D eigenvalue weighted by atomic mass is 10.1. The number of thiophene rings is 1. The third-order valence-electron chi connectivity index (χ3n) is 3.41. The number of rotatable bonds is 1. The first-order chi connectivity index (χ1) is 8.66. The lowest BCUT2D eigenvalue weighted by Crippen LogP contribution is -2.39. The molecule has 1 N–H and O–H groups in total. The van der Waals surface area contributed by atoms with Gasteiger partial charge in [0.25, 0.3) is 5.56 Å². The molecule has 1 aliphatic heterocycles. The van der Waals surface area contributed by atoms with Gasteiger partial charge in [-0.25, -0.2) is 4.98 Å². The molecular weight excluding hydrogens is 250 g/mol. The highest BCUT2D eigenvalue weighted by atomic mass is 32.1. The van der Waals surface area contributed by atoms with Gasteiger partial charge in [0, 0.05) is 20.1 Å². The summed E-state index contributed by atoms with van der Waals surface area (Å²) in [5.41, 5.74) is 0.778. The average molecular weight is 265 g/mol. The van der Waals surface area contributed by atoms with Crippen molar-refractivity contribution in [3.63, 3.8) is 0 Å². The van der Waals surface area contributed by atoms with Crippen molar-refractivity contribution in [3.8, 4) is 0 Å². The van der Waals surface area contributed by atoms with E-state index >= 15 is 0 Å². The van der Waals surface area contributed by atoms with Crippen LogP contribution in [-0.4, -0.2) is 33.9 Å². The molecule has 1 saturated heterocycles. The van der Waals surface area contributed by atoms with E-state index in [0.717, 1.165) is 31.4 Å². The molecule has 0 bridgehead atoms. The summed E-state index contributed by atoms with van der Waals surface area (Å²) in [5.74, 6) is 0.706. The van der Waals surface area contributed by atoms with Crippen LogP contribution in [0.25, 0.3) is 10.2 Å². The molecule has 0 atom stereocenters. The van der Waals surface area contributed by atoms with Crippen molar-refractivity contribution in [3.05, 3.63) is 21.8 Å². The topological polar surface area (TPSA) is 58.4 Å². The highest BCUT2D eigenvalue weighted by Crippen LogP contribution is 2.21. The molecule has 0 spiro atoms. The van der Waals surface area contributed by atoms with Crippen LogP contribution in [0.1, 0.15) is 12.8 Å². The van der Waals surface area contributed by atoms with Crippen LogP contribution < -0.4 is 10.5 Å². The molecule has 3 heterocycles. The van der Waals surface area contributed by atoms with Crippen LogP contribution in [0.2, 0.25) is 0 Å². The standard InChI is InChI=1S/C12H15N3O2S/c1-14-11(17)10-9(4-7-18-10)13-12(14)15-5-2-8(16)3-6-15/h4,7-8,16H,2-3,5-6H2,1H3. The summed E-state index contributed by atoms with van der Waals surface area (Å²) in [7, 11) is 1.76. The second-order valence-electron chi connectivity index (χ2n) is 4.63. The zero-order chi connectivity index (χ0) is 12.7. The Labute approximate surface area is 108 Å². The molecule has 3 rings (SSSR count). The van der Waals surface area contributed by atoms with E-state index in [9.17, 15) is 9.90 Å². The van der Waals surface area contributed by atoms with E-state index < -0.39 is 0 Å². The van der Waals surface area contributed by atoms with Gasteiger partial charge in [0.2, 0.25) is 5.95 Å². The largest absolute Gasteiger partial charge is 0.393 e. The van der Waals surface area contributed by atoms with Crippen molar-refractivity contribution in [1.29, 1.82) is 0 Å². The minimum Gasteiger partial charge on any atom is -0.393 e. The van der Waals surface area contributed by atoms with Crippen LogP contribution >= 0.6 is 11.3 Å². The van der Waals surface area contributed by atoms with Gasteiger partial charge in [-0.15, -0.1) is 11.3 Å². The summed E-state index contributed by atoms with van der Waals surface area (Å²) in [6.45, 7) is 1.49. The van der Waals surface area contributed by atoms with E-state index in [4.69, 9.17) is 0 Å². The molecule has 96 valence electrons. The summed E-state index contributed by atoms with van der Waals surface area (Å²) in [6, 6.07) is 1.88. The molecule has 1 fully saturated rings. The Hall–Kier alpha value is -1.40. The monoisotopic (exact) mass is 265 g/mol. The molecule has 0 radical (unpaired) electrons. The normalized spacial score (nSPS) is 17.6. The number of hydrogen-bond donors (Lipinski definition) is 1. The highest BCUT2D eigenvalue weighted by molar-refractivity contribution is 7.17. The van der Waals surface area contributed by atoms with Crippen molar-refractivity contribution >= 4 is 27.5 Å². The van der Waals surface area contributed by atoms with E-state index in [1.807, 2.05) is 11.4 Å². The Kier molecular flexibility index (Phi) is 2.83. The Bertz CT molecular complexity index is 626. The van der Waals surface area contributed by atoms with Crippen LogP contribution in [0.4, 0.5) is 5.95 Å². The van der Waals surface area contributed by atoms with Crippen molar-refractivity contribution < 1.29 is 5.11 Å². The maximum atomic E-state index is 12.2. The van der Waals surface area contributed by atoms with Gasteiger partial charge in [-0.1, -0.05) is 0 Å². The van der Waals surface area contributed by atoms with Crippen LogP contribution in [0, 0.1) is 0 Å². The first-order valence-corrected chi connectivity index (χ1v) is 6.92. The highest BCUT2D eigenvalue weighted by Gasteiger charge is 2.21. The minimum absolute atomic E-state index is 0.0103. The smallest absolute Gasteiger partial charge is 0.272 e. The van der Waals surface area contributed by atoms with Gasteiger partial charge in [-0.3, -0.25) is 9.36 Å². The van der Waals surface area contributed by atoms with Crippen LogP contribution in [0.3, 0.4) is 0 Å². The molecule has 0 aromatic carbocycles. The van der Waals surface area contributed by atoms with Crippen LogP contribution in [-0.2, 0) is 7.05 Å². The minimum atomic E-state index is -0.219. The number of nitrogens with zero attached hydrogens (tertiary/aromatic N) is 3. The lowest BCUT2D eigenvalue weighted by Gasteiger charge is -2.31. The lowest BCUT2D eigenvalue weighted by molar-refractivity contribution is 0.145. The van der Waals surface area contributed by atoms with Crippen molar-refractivity contribution in [2.75, 3.05) is 18.0 Å². The van der Waals surface area contributed by atoms with E-state index in [-0.39, 0.29) is 11.7 Å². The zero-order valence-electron chi connectivity index (χ0n) is 10.2. The quantitative estimate of drug-likeness (QED) is 0.834. The number of anilines is 1. The SMILES string of the molecule is Cn1c(N2CCC(O)CC2)nc2ccsc2c1=O. The predicted octanol–water partition coefficient (Wildman–Crippen LogP) is 0.956. The molecule has 0 unspecified atom stereocenters. The third kappa shape index (κ3) is 1.81. The fourth-order valence-electron chi connectivity index (χ4n) is 2.33. The van der Waals surface area contributed by atoms with Gasteiger partial charge in [0.1, 0.15) is 4.70 Å². The number of aliphatic hydroxyl groups excluding tert-OH is 1. The summed E-state index contributed by atoms with van der Waals surface area (Å²) in [4.78, 5) is 18.8. The predicted molar refractivity (Wildman–Crippen MR) is 72.3 cm³/mol. The van der Waals surface area contributed by atoms with Gasteiger partial charge < -0.3 is 10.0 Å². The molecule has 0 saturated carbocycles. The third-order valence-corrected chi connectivity index (χ3v) is 4.30. The van der Waals surface area contributed by atoms with Crippen molar-refractivity contribution in [1.82, 2.24) is 9.55 Å². The Balaban J connectivity index is 2.06. The van der Waals surface area contributed by atoms with Gasteiger partial charge in [0.15, 0.2) is 0 Å². The zero-order valence-corrected chi connectivity index (χ0v) is 11.0. The Morgan fingerprint density at radius 2 is 2.17 bits per heavy atom. The molecular formula is C12H15N3O2S. The summed E-state index contributed by atoms with van der Waals surface area (Å²) in [6.07, 6.45) is 1.25. The number of piperidine rings is 1. The fraction of sp³-hybridized carbons (Fsp3) is 0.500. The molecule has 6 heteroatoms. The summed E-state index contributed by atoms with van der Waals surface area (Å²) in [5, 5.41) is 11.4. The van der Waals surface area contributed by atoms with E-state index in [2.05, 4.69) is 9.88 Å². The molecule has 18 heavy (non-hydrogen) atoms. The molecule has 2 aromatic heterocycles. The number of hydrogen-bond acceptors (Lipinski definition) is 5. The van der Waals surface area contributed by atoms with Crippen LogP contribution in [0.5, 0.6) is 0 Å². The van der Waals surface area contributed by atoms with Gasteiger partial charge in [0.05, 0.1) is 11.6 Å². The second kappa shape index (κ2) is 4.37. The Morgan fingerprint density at radius 1 is 1.44 bits per heavy atom. The second-order valence-corrected chi connectivity index (χ2v) is 5.55. The summed E-state index contributed by atoms with van der Waals surface area (Å²) < 4.78 is 2.31. The molecule has 0 aliphatic carbocycles. The first kappa shape index (κ1) is 11.7. The first-order valence-electron chi connectivity index (χ1n) is 6.04. The molecule has 5 nitrogen and oxygen atoms in total. The molecule has 0 amide bonds. The Morgan fingerprint density at radius 3 is 2.89 bits per heavy atom. The molecule has 2 aromatic rings. The number of fused-ring (bicyclic) bond motifs is 1. The number of aliphatic hydroxyl groups is 1. The maximum Gasteiger partial charge on any atom is 0.272 e.